The topological polar surface area (TPSA) is 69.6 Å². The summed E-state index contributed by atoms with van der Waals surface area (Å²) >= 11 is 9.13. The number of rotatable bonds is 6. The number of thiazole rings is 1. The van der Waals surface area contributed by atoms with E-state index in [0.717, 1.165) is 22.7 Å². The van der Waals surface area contributed by atoms with E-state index in [1.165, 1.54) is 22.0 Å². The van der Waals surface area contributed by atoms with Crippen molar-refractivity contribution in [2.75, 3.05) is 5.84 Å². The van der Waals surface area contributed by atoms with Gasteiger partial charge in [0.25, 0.3) is 0 Å². The van der Waals surface area contributed by atoms with Crippen molar-refractivity contribution >= 4 is 34.7 Å². The molecule has 2 aromatic heterocycles. The van der Waals surface area contributed by atoms with Gasteiger partial charge in [-0.05, 0) is 29.8 Å². The molecule has 0 saturated carbocycles. The summed E-state index contributed by atoms with van der Waals surface area (Å²) in [6.45, 7) is 0. The lowest BCUT2D eigenvalue weighted by molar-refractivity contribution is 0.849. The van der Waals surface area contributed by atoms with Crippen LogP contribution < -0.4 is 5.84 Å². The van der Waals surface area contributed by atoms with Crippen molar-refractivity contribution in [3.8, 4) is 11.4 Å². The maximum Gasteiger partial charge on any atom is 0.210 e. The first-order valence-electron chi connectivity index (χ1n) is 8.25. The van der Waals surface area contributed by atoms with Gasteiger partial charge < -0.3 is 5.84 Å². The summed E-state index contributed by atoms with van der Waals surface area (Å²) in [7, 11) is 0. The number of nitrogens with zero attached hydrogens (tertiary/aromatic N) is 4. The Balaban J connectivity index is 1.41. The van der Waals surface area contributed by atoms with Crippen LogP contribution in [0.1, 0.15) is 16.3 Å². The molecule has 0 unspecified atom stereocenters. The van der Waals surface area contributed by atoms with Crippen LogP contribution in [0.25, 0.3) is 11.4 Å². The number of halogens is 1. The molecule has 0 radical (unpaired) electrons. The average molecular weight is 414 g/mol. The maximum atomic E-state index is 6.16. The molecule has 5 nitrogen and oxygen atoms in total. The predicted molar refractivity (Wildman–Crippen MR) is 112 cm³/mol. The summed E-state index contributed by atoms with van der Waals surface area (Å²) in [5, 5.41) is 12.9. The zero-order valence-corrected chi connectivity index (χ0v) is 16.6. The highest BCUT2D eigenvalue weighted by atomic mass is 35.5. The lowest BCUT2D eigenvalue weighted by atomic mass is 10.2. The summed E-state index contributed by atoms with van der Waals surface area (Å²) in [5.74, 6) is 7.47. The van der Waals surface area contributed by atoms with Crippen LogP contribution in [0.2, 0.25) is 5.02 Å². The smallest absolute Gasteiger partial charge is 0.210 e. The van der Waals surface area contributed by atoms with Gasteiger partial charge in [-0.25, -0.2) is 9.66 Å². The van der Waals surface area contributed by atoms with Gasteiger partial charge in [-0.15, -0.1) is 21.5 Å². The number of hydrogen-bond acceptors (Lipinski definition) is 6. The van der Waals surface area contributed by atoms with Crippen LogP contribution in [0, 0.1) is 0 Å². The third-order valence-electron chi connectivity index (χ3n) is 3.91. The van der Waals surface area contributed by atoms with Gasteiger partial charge in [-0.2, -0.15) is 0 Å². The summed E-state index contributed by atoms with van der Waals surface area (Å²) < 4.78 is 1.51. The fraction of sp³-hybridized carbons (Fsp3) is 0.105. The van der Waals surface area contributed by atoms with E-state index in [9.17, 15) is 0 Å². The Bertz CT molecular complexity index is 1030. The van der Waals surface area contributed by atoms with Gasteiger partial charge in [0.15, 0.2) is 5.82 Å². The number of nitrogen functional groups attached to an aromatic ring is 1. The predicted octanol–water partition coefficient (Wildman–Crippen LogP) is 4.65. The molecule has 2 heterocycles. The minimum atomic E-state index is 0.609. The zero-order chi connectivity index (χ0) is 18.6. The second-order valence-corrected chi connectivity index (χ2v) is 8.19. The van der Waals surface area contributed by atoms with Gasteiger partial charge >= 0.3 is 0 Å². The molecule has 0 amide bonds. The molecule has 4 aromatic rings. The first-order chi connectivity index (χ1) is 13.2. The molecule has 4 rings (SSSR count). The maximum absolute atomic E-state index is 6.16. The van der Waals surface area contributed by atoms with Gasteiger partial charge in [0.2, 0.25) is 5.16 Å². The molecule has 8 heteroatoms. The number of aromatic nitrogens is 4. The van der Waals surface area contributed by atoms with E-state index in [1.807, 2.05) is 42.5 Å². The normalized spacial score (nSPS) is 11.0. The Hall–Kier alpha value is -2.35. The highest BCUT2D eigenvalue weighted by Gasteiger charge is 2.13. The number of nitrogens with two attached hydrogens (primary N) is 1. The van der Waals surface area contributed by atoms with Crippen LogP contribution in [0.4, 0.5) is 0 Å². The average Bonchev–Trinajstić information content (AvgIpc) is 3.28. The van der Waals surface area contributed by atoms with Gasteiger partial charge in [0.1, 0.15) is 0 Å². The first-order valence-corrected chi connectivity index (χ1v) is 10.5. The van der Waals surface area contributed by atoms with E-state index < -0.39 is 0 Å². The van der Waals surface area contributed by atoms with Gasteiger partial charge in [-0.3, -0.25) is 0 Å². The standard InChI is InChI=1S/C19H16ClN5S2/c20-15-8-6-14(7-9-15)18-23-24-19(25(18)21)27-12-16-11-26-17(22-16)10-13-4-2-1-3-5-13/h1-9,11H,10,12,21H2. The molecule has 0 aliphatic carbocycles. The van der Waals surface area contributed by atoms with E-state index in [4.69, 9.17) is 22.4 Å². The molecule has 0 aliphatic rings. The Morgan fingerprint density at radius 1 is 1.04 bits per heavy atom. The van der Waals surface area contributed by atoms with Crippen LogP contribution in [-0.4, -0.2) is 19.9 Å². The van der Waals surface area contributed by atoms with Gasteiger partial charge in [0, 0.05) is 28.1 Å². The van der Waals surface area contributed by atoms with Crippen molar-refractivity contribution in [2.45, 2.75) is 17.3 Å². The van der Waals surface area contributed by atoms with Crippen LogP contribution in [-0.2, 0) is 12.2 Å². The van der Waals surface area contributed by atoms with Crippen molar-refractivity contribution in [3.05, 3.63) is 81.3 Å². The Labute approximate surface area is 170 Å². The Kier molecular flexibility index (Phi) is 5.42. The largest absolute Gasteiger partial charge is 0.335 e. The fourth-order valence-electron chi connectivity index (χ4n) is 2.58. The zero-order valence-electron chi connectivity index (χ0n) is 14.2. The van der Waals surface area contributed by atoms with Gasteiger partial charge in [0.05, 0.1) is 10.7 Å². The van der Waals surface area contributed by atoms with Crippen LogP contribution in [0.5, 0.6) is 0 Å². The second kappa shape index (κ2) is 8.12. The summed E-state index contributed by atoms with van der Waals surface area (Å²) in [6.07, 6.45) is 0.851. The van der Waals surface area contributed by atoms with Crippen molar-refractivity contribution in [1.82, 2.24) is 19.9 Å². The van der Waals surface area contributed by atoms with E-state index in [2.05, 4.69) is 27.7 Å². The highest BCUT2D eigenvalue weighted by molar-refractivity contribution is 7.98. The third kappa shape index (κ3) is 4.32. The third-order valence-corrected chi connectivity index (χ3v) is 6.04. The molecule has 0 bridgehead atoms. The van der Waals surface area contributed by atoms with Crippen molar-refractivity contribution in [1.29, 1.82) is 0 Å². The van der Waals surface area contributed by atoms with Crippen LogP contribution in [0.15, 0.2) is 65.1 Å². The summed E-state index contributed by atoms with van der Waals surface area (Å²) in [5.41, 5.74) is 3.16. The summed E-state index contributed by atoms with van der Waals surface area (Å²) in [4.78, 5) is 4.71. The molecule has 0 spiro atoms. The van der Waals surface area contributed by atoms with Gasteiger partial charge in [-0.1, -0.05) is 53.7 Å². The molecule has 27 heavy (non-hydrogen) atoms. The van der Waals surface area contributed by atoms with Crippen molar-refractivity contribution in [2.24, 2.45) is 0 Å². The van der Waals surface area contributed by atoms with E-state index in [-0.39, 0.29) is 0 Å². The summed E-state index contributed by atoms with van der Waals surface area (Å²) in [6, 6.07) is 17.7. The highest BCUT2D eigenvalue weighted by Crippen LogP contribution is 2.26. The fourth-order valence-corrected chi connectivity index (χ4v) is 4.39. The van der Waals surface area contributed by atoms with Crippen molar-refractivity contribution < 1.29 is 0 Å². The molecular weight excluding hydrogens is 398 g/mol. The molecule has 0 atom stereocenters. The number of thioether (sulfide) groups is 1. The molecule has 136 valence electrons. The molecule has 2 N–H and O–H groups in total. The number of benzene rings is 2. The molecular formula is C19H16ClN5S2. The second-order valence-electron chi connectivity index (χ2n) is 5.87. The minimum Gasteiger partial charge on any atom is -0.335 e. The molecule has 0 saturated heterocycles. The van der Waals surface area contributed by atoms with Crippen molar-refractivity contribution in [3.63, 3.8) is 0 Å². The lowest BCUT2D eigenvalue weighted by Crippen LogP contribution is -2.11. The Morgan fingerprint density at radius 2 is 1.81 bits per heavy atom. The molecule has 2 aromatic carbocycles. The number of hydrogen-bond donors (Lipinski definition) is 1. The van der Waals surface area contributed by atoms with E-state index in [0.29, 0.717) is 21.8 Å². The van der Waals surface area contributed by atoms with E-state index >= 15 is 0 Å². The van der Waals surface area contributed by atoms with Crippen LogP contribution >= 0.6 is 34.7 Å². The lowest BCUT2D eigenvalue weighted by Gasteiger charge is -2.03. The molecule has 0 fully saturated rings. The first kappa shape index (κ1) is 18.0. The Morgan fingerprint density at radius 3 is 2.59 bits per heavy atom. The monoisotopic (exact) mass is 413 g/mol. The quantitative estimate of drug-likeness (QED) is 0.368. The minimum absolute atomic E-state index is 0.609. The van der Waals surface area contributed by atoms with Crippen LogP contribution in [0.3, 0.4) is 0 Å². The molecule has 0 aliphatic heterocycles. The van der Waals surface area contributed by atoms with E-state index in [1.54, 1.807) is 11.3 Å². The SMILES string of the molecule is Nn1c(SCc2csc(Cc3ccccc3)n2)nnc1-c1ccc(Cl)cc1.